The van der Waals surface area contributed by atoms with Crippen LogP contribution in [0.1, 0.15) is 30.1 Å². The molecule has 0 bridgehead atoms. The number of hydrogen-bond acceptors (Lipinski definition) is 6. The Morgan fingerprint density at radius 3 is 2.32 bits per heavy atom. The molecule has 1 aromatic carbocycles. The van der Waals surface area contributed by atoms with Crippen molar-refractivity contribution in [2.75, 3.05) is 7.05 Å². The first-order chi connectivity index (χ1) is 18.8. The first kappa shape index (κ1) is 31.6. The topological polar surface area (TPSA) is 116 Å². The number of carbonyl (C=O) groups excluding carboxylic acids is 1. The summed E-state index contributed by atoms with van der Waals surface area (Å²) in [6.45, 7) is -0.0387. The first-order valence-corrected chi connectivity index (χ1v) is 11.6. The number of hydrogen-bond donors (Lipinski definition) is 3. The van der Waals surface area contributed by atoms with Crippen LogP contribution in [0, 0.1) is 28.5 Å². The van der Waals surface area contributed by atoms with Crippen molar-refractivity contribution in [1.82, 2.24) is 20.4 Å². The summed E-state index contributed by atoms with van der Waals surface area (Å²) >= 11 is 5.97. The molecular weight excluding hydrogens is 599 g/mol. The lowest BCUT2D eigenvalue weighted by atomic mass is 10.0. The normalized spacial score (nSPS) is 16.3. The van der Waals surface area contributed by atoms with Gasteiger partial charge in [0.05, 0.1) is 22.9 Å². The van der Waals surface area contributed by atoms with Crippen LogP contribution in [-0.4, -0.2) is 52.6 Å². The summed E-state index contributed by atoms with van der Waals surface area (Å²) in [7, 11) is 0.862. The molecule has 1 amide bonds. The number of aromatic nitrogens is 2. The van der Waals surface area contributed by atoms with Crippen LogP contribution in [-0.2, 0) is 4.74 Å². The molecule has 3 N–H and O–H groups in total. The van der Waals surface area contributed by atoms with Crippen molar-refractivity contribution in [3.63, 3.8) is 0 Å². The van der Waals surface area contributed by atoms with Crippen LogP contribution in [0.3, 0.4) is 0 Å². The number of halogens is 10. The number of rotatable bonds is 8. The third kappa shape index (κ3) is 6.69. The Morgan fingerprint density at radius 2 is 1.83 bits per heavy atom. The third-order valence-electron chi connectivity index (χ3n) is 5.96. The lowest BCUT2D eigenvalue weighted by molar-refractivity contribution is -0.304. The van der Waals surface area contributed by atoms with E-state index in [1.807, 2.05) is 11.4 Å². The van der Waals surface area contributed by atoms with Crippen LogP contribution >= 0.6 is 11.6 Å². The van der Waals surface area contributed by atoms with Gasteiger partial charge < -0.3 is 15.4 Å². The van der Waals surface area contributed by atoms with Crippen molar-refractivity contribution in [2.24, 2.45) is 5.92 Å². The second kappa shape index (κ2) is 10.8. The zero-order chi connectivity index (χ0) is 31.1. The average Bonchev–Trinajstić information content (AvgIpc) is 3.44. The minimum absolute atomic E-state index is 0.0387. The SMILES string of the molecule is CN/C(=C(\C(=N)OC(F)(F)C(C)C(F)(F)F)C(F)(F)F)n1cc(-c2cc(C(=O)NC3(C#N)CC3)c(Cl)cc2F)cn1. The molecule has 18 heteroatoms. The van der Waals surface area contributed by atoms with Gasteiger partial charge in [0.2, 0.25) is 5.90 Å². The number of carbonyl (C=O) groups is 1. The van der Waals surface area contributed by atoms with Crippen LogP contribution in [0.25, 0.3) is 16.9 Å². The van der Waals surface area contributed by atoms with Crippen molar-refractivity contribution in [1.29, 1.82) is 10.7 Å². The molecule has 2 aromatic rings. The van der Waals surface area contributed by atoms with Gasteiger partial charge in [0.15, 0.2) is 11.5 Å². The average molecular weight is 617 g/mol. The molecule has 1 saturated carbocycles. The van der Waals surface area contributed by atoms with Gasteiger partial charge in [-0.3, -0.25) is 10.2 Å². The molecule has 0 saturated heterocycles. The van der Waals surface area contributed by atoms with E-state index in [0.29, 0.717) is 17.5 Å². The van der Waals surface area contributed by atoms with Gasteiger partial charge >= 0.3 is 18.5 Å². The second-order valence-corrected chi connectivity index (χ2v) is 9.27. The molecule has 8 nitrogen and oxygen atoms in total. The number of amides is 1. The minimum atomic E-state index is -5.63. The summed E-state index contributed by atoms with van der Waals surface area (Å²) in [6.07, 6.45) is -14.1. The monoisotopic (exact) mass is 616 g/mol. The number of alkyl halides is 8. The maximum atomic E-state index is 14.8. The van der Waals surface area contributed by atoms with Crippen molar-refractivity contribution in [3.8, 4) is 17.2 Å². The van der Waals surface area contributed by atoms with E-state index < -0.39 is 64.5 Å². The molecule has 0 aliphatic heterocycles. The van der Waals surface area contributed by atoms with Crippen molar-refractivity contribution < 1.29 is 49.0 Å². The molecule has 1 heterocycles. The maximum absolute atomic E-state index is 14.8. The van der Waals surface area contributed by atoms with Gasteiger partial charge in [-0.1, -0.05) is 11.6 Å². The van der Waals surface area contributed by atoms with Gasteiger partial charge in [0, 0.05) is 24.4 Å². The number of nitriles is 1. The Morgan fingerprint density at radius 1 is 1.22 bits per heavy atom. The predicted molar refractivity (Wildman–Crippen MR) is 125 cm³/mol. The highest BCUT2D eigenvalue weighted by molar-refractivity contribution is 6.34. The lowest BCUT2D eigenvalue weighted by Crippen LogP contribution is -2.42. The Labute approximate surface area is 230 Å². The van der Waals surface area contributed by atoms with Crippen molar-refractivity contribution >= 4 is 29.2 Å². The fraction of sp³-hybridized carbons (Fsp3) is 0.391. The largest absolute Gasteiger partial charge is 0.425 e. The molecule has 41 heavy (non-hydrogen) atoms. The number of ether oxygens (including phenoxy) is 1. The van der Waals surface area contributed by atoms with Crippen LogP contribution in [0.2, 0.25) is 5.02 Å². The van der Waals surface area contributed by atoms with Crippen molar-refractivity contribution in [3.05, 3.63) is 46.5 Å². The second-order valence-electron chi connectivity index (χ2n) is 8.86. The fourth-order valence-corrected chi connectivity index (χ4v) is 3.63. The molecule has 1 aliphatic rings. The Hall–Kier alpha value is -3.94. The molecule has 1 unspecified atom stereocenters. The van der Waals surface area contributed by atoms with Gasteiger partial charge in [-0.15, -0.1) is 0 Å². The van der Waals surface area contributed by atoms with E-state index in [1.54, 1.807) is 0 Å². The highest BCUT2D eigenvalue weighted by atomic mass is 35.5. The lowest BCUT2D eigenvalue weighted by Gasteiger charge is -2.27. The van der Waals surface area contributed by atoms with Crippen molar-refractivity contribution in [2.45, 2.75) is 43.8 Å². The van der Waals surface area contributed by atoms with E-state index in [4.69, 9.17) is 22.3 Å². The summed E-state index contributed by atoms with van der Waals surface area (Å²) in [5, 5.41) is 24.3. The molecular formula is C23H18ClF9N6O2. The molecule has 222 valence electrons. The first-order valence-electron chi connectivity index (χ1n) is 11.3. The van der Waals surface area contributed by atoms with Gasteiger partial charge in [0.25, 0.3) is 5.91 Å². The smallest absolute Gasteiger partial charge is 0.414 e. The highest BCUT2D eigenvalue weighted by Crippen LogP contribution is 2.41. The predicted octanol–water partition coefficient (Wildman–Crippen LogP) is 5.86. The fourth-order valence-electron chi connectivity index (χ4n) is 3.39. The number of nitrogens with one attached hydrogen (secondary N) is 3. The van der Waals surface area contributed by atoms with E-state index in [1.165, 1.54) is 0 Å². The van der Waals surface area contributed by atoms with Crippen LogP contribution in [0.5, 0.6) is 0 Å². The maximum Gasteiger partial charge on any atom is 0.425 e. The van der Waals surface area contributed by atoms with Gasteiger partial charge in [-0.05, 0) is 31.9 Å². The Kier molecular flexibility index (Phi) is 8.32. The zero-order valence-corrected chi connectivity index (χ0v) is 21.5. The highest BCUT2D eigenvalue weighted by Gasteiger charge is 2.56. The molecule has 1 aromatic heterocycles. The quantitative estimate of drug-likeness (QED) is 0.195. The summed E-state index contributed by atoms with van der Waals surface area (Å²) < 4.78 is 127. The van der Waals surface area contributed by atoms with Crippen LogP contribution < -0.4 is 10.6 Å². The van der Waals surface area contributed by atoms with Crippen LogP contribution in [0.4, 0.5) is 39.5 Å². The molecule has 0 spiro atoms. The van der Waals surface area contributed by atoms with Gasteiger partial charge in [0.1, 0.15) is 17.2 Å². The molecule has 1 aliphatic carbocycles. The Balaban J connectivity index is 2.04. The van der Waals surface area contributed by atoms with Crippen LogP contribution in [0.15, 0.2) is 30.1 Å². The Bertz CT molecular complexity index is 1440. The van der Waals surface area contributed by atoms with E-state index in [9.17, 15) is 44.3 Å². The molecule has 1 atom stereocenters. The van der Waals surface area contributed by atoms with Gasteiger partial charge in [-0.25, -0.2) is 9.07 Å². The molecule has 1 fully saturated rings. The minimum Gasteiger partial charge on any atom is -0.414 e. The summed E-state index contributed by atoms with van der Waals surface area (Å²) in [5.41, 5.74) is -4.30. The summed E-state index contributed by atoms with van der Waals surface area (Å²) in [4.78, 5) is 12.6. The zero-order valence-electron chi connectivity index (χ0n) is 20.7. The van der Waals surface area contributed by atoms with E-state index in [0.717, 1.165) is 31.6 Å². The van der Waals surface area contributed by atoms with Gasteiger partial charge in [-0.2, -0.15) is 45.5 Å². The van der Waals surface area contributed by atoms with E-state index in [-0.39, 0.29) is 23.1 Å². The third-order valence-corrected chi connectivity index (χ3v) is 6.27. The van der Waals surface area contributed by atoms with E-state index >= 15 is 0 Å². The number of nitrogens with zero attached hydrogens (tertiary/aromatic N) is 3. The van der Waals surface area contributed by atoms with E-state index in [2.05, 4.69) is 15.2 Å². The summed E-state index contributed by atoms with van der Waals surface area (Å²) in [5.74, 6) is -9.04. The molecule has 0 radical (unpaired) electrons. The number of benzene rings is 1. The summed E-state index contributed by atoms with van der Waals surface area (Å²) in [6, 6.07) is 3.59. The standard InChI is InChI=1S/C23H18ClF9N6O2/c1-10(21(26,27)28)23(32,33)41-17(35)16(22(29,30)31)18(36-2)39-8-11(7-37-39)12-5-13(14(24)6-15(12)25)19(40)38-20(9-34)3-4-20/h5-8,10,35-36H,3-4H2,1-2H3,(H,38,40)/b18-16-,35-17?. The molecule has 3 rings (SSSR count).